The average molecular weight is 331 g/mol. The third-order valence-corrected chi connectivity index (χ3v) is 4.23. The smallest absolute Gasteiger partial charge is 0.337 e. The van der Waals surface area contributed by atoms with E-state index in [4.69, 9.17) is 9.47 Å². The molecule has 7 heteroatoms. The highest BCUT2D eigenvalue weighted by atomic mass is 16.5. The average Bonchev–Trinajstić information content (AvgIpc) is 2.60. The van der Waals surface area contributed by atoms with Crippen molar-refractivity contribution in [3.05, 3.63) is 39.9 Å². The van der Waals surface area contributed by atoms with E-state index in [1.807, 2.05) is 0 Å². The predicted octanol–water partition coefficient (Wildman–Crippen LogP) is 1.32. The SMILES string of the molecule is CC[C@H]1CN(Cc2nc3cc(C(=O)OC)ccc3c(=O)[nH]2)CCO1. The van der Waals surface area contributed by atoms with Gasteiger partial charge in [-0.2, -0.15) is 0 Å². The summed E-state index contributed by atoms with van der Waals surface area (Å²) in [7, 11) is 1.33. The minimum atomic E-state index is -0.445. The number of methoxy groups -OCH3 is 1. The number of H-pyrrole nitrogens is 1. The third-order valence-electron chi connectivity index (χ3n) is 4.23. The van der Waals surface area contributed by atoms with Gasteiger partial charge in [-0.15, -0.1) is 0 Å². The molecule has 128 valence electrons. The molecule has 0 radical (unpaired) electrons. The summed E-state index contributed by atoms with van der Waals surface area (Å²) in [5.74, 6) is 0.144. The van der Waals surface area contributed by atoms with Crippen LogP contribution in [0.25, 0.3) is 10.9 Å². The first-order chi connectivity index (χ1) is 11.6. The Kier molecular flexibility index (Phi) is 4.92. The molecule has 0 saturated carbocycles. The summed E-state index contributed by atoms with van der Waals surface area (Å²) in [5.41, 5.74) is 0.676. The standard InChI is InChI=1S/C17H21N3O4/c1-3-12-9-20(6-7-24-12)10-15-18-14-8-11(17(22)23-2)4-5-13(14)16(21)19-15/h4-5,8,12H,3,6-7,9-10H2,1-2H3,(H,18,19,21)/t12-/m0/s1. The Morgan fingerprint density at radius 3 is 3.08 bits per heavy atom. The van der Waals surface area contributed by atoms with Crippen LogP contribution in [-0.2, 0) is 16.0 Å². The van der Waals surface area contributed by atoms with Crippen molar-refractivity contribution in [3.63, 3.8) is 0 Å². The van der Waals surface area contributed by atoms with Crippen LogP contribution in [0.2, 0.25) is 0 Å². The topological polar surface area (TPSA) is 84.5 Å². The number of nitrogens with zero attached hydrogens (tertiary/aromatic N) is 2. The van der Waals surface area contributed by atoms with Crippen molar-refractivity contribution in [1.29, 1.82) is 0 Å². The van der Waals surface area contributed by atoms with Crippen molar-refractivity contribution in [3.8, 4) is 0 Å². The van der Waals surface area contributed by atoms with E-state index in [0.29, 0.717) is 35.4 Å². The fourth-order valence-electron chi connectivity index (χ4n) is 2.89. The molecular formula is C17H21N3O4. The number of aromatic nitrogens is 2. The van der Waals surface area contributed by atoms with Crippen molar-refractivity contribution in [2.75, 3.05) is 26.8 Å². The molecule has 24 heavy (non-hydrogen) atoms. The lowest BCUT2D eigenvalue weighted by atomic mass is 10.1. The van der Waals surface area contributed by atoms with Crippen molar-refractivity contribution < 1.29 is 14.3 Å². The molecular weight excluding hydrogens is 310 g/mol. The lowest BCUT2D eigenvalue weighted by molar-refractivity contribution is -0.0331. The van der Waals surface area contributed by atoms with E-state index in [1.54, 1.807) is 18.2 Å². The number of carbonyl (C=O) groups is 1. The Morgan fingerprint density at radius 2 is 2.33 bits per heavy atom. The third kappa shape index (κ3) is 3.47. The molecule has 1 aromatic heterocycles. The number of rotatable bonds is 4. The molecule has 1 N–H and O–H groups in total. The van der Waals surface area contributed by atoms with Gasteiger partial charge in [0.25, 0.3) is 5.56 Å². The van der Waals surface area contributed by atoms with Crippen LogP contribution in [0.5, 0.6) is 0 Å². The Labute approximate surface area is 139 Å². The molecule has 1 aliphatic rings. The predicted molar refractivity (Wildman–Crippen MR) is 89.0 cm³/mol. The second kappa shape index (κ2) is 7.11. The molecule has 1 aliphatic heterocycles. The highest BCUT2D eigenvalue weighted by Gasteiger charge is 2.20. The van der Waals surface area contributed by atoms with Gasteiger partial charge in [0.1, 0.15) is 5.82 Å². The summed E-state index contributed by atoms with van der Waals surface area (Å²) >= 11 is 0. The van der Waals surface area contributed by atoms with Gasteiger partial charge in [-0.25, -0.2) is 9.78 Å². The number of hydrogen-bond donors (Lipinski definition) is 1. The number of morpholine rings is 1. The van der Waals surface area contributed by atoms with Crippen molar-refractivity contribution in [2.24, 2.45) is 0 Å². The molecule has 2 heterocycles. The number of carbonyl (C=O) groups excluding carboxylic acids is 1. The lowest BCUT2D eigenvalue weighted by Gasteiger charge is -2.31. The Hall–Kier alpha value is -2.25. The molecule has 0 bridgehead atoms. The monoisotopic (exact) mass is 331 g/mol. The molecule has 1 atom stereocenters. The van der Waals surface area contributed by atoms with Gasteiger partial charge in [0.15, 0.2) is 0 Å². The van der Waals surface area contributed by atoms with E-state index in [1.165, 1.54) is 7.11 Å². The summed E-state index contributed by atoms with van der Waals surface area (Å²) in [6.07, 6.45) is 1.18. The van der Waals surface area contributed by atoms with E-state index in [-0.39, 0.29) is 11.7 Å². The van der Waals surface area contributed by atoms with Gasteiger partial charge in [-0.1, -0.05) is 6.92 Å². The largest absolute Gasteiger partial charge is 0.465 e. The lowest BCUT2D eigenvalue weighted by Crippen LogP contribution is -2.42. The van der Waals surface area contributed by atoms with Gasteiger partial charge < -0.3 is 14.5 Å². The molecule has 7 nitrogen and oxygen atoms in total. The van der Waals surface area contributed by atoms with Gasteiger partial charge in [0.2, 0.25) is 0 Å². The zero-order valence-corrected chi connectivity index (χ0v) is 13.9. The van der Waals surface area contributed by atoms with Gasteiger partial charge in [-0.3, -0.25) is 9.69 Å². The number of hydrogen-bond acceptors (Lipinski definition) is 6. The number of fused-ring (bicyclic) bond motifs is 1. The second-order valence-electron chi connectivity index (χ2n) is 5.87. The van der Waals surface area contributed by atoms with Gasteiger partial charge in [0.05, 0.1) is 42.8 Å². The van der Waals surface area contributed by atoms with Gasteiger partial charge in [0, 0.05) is 13.1 Å². The Morgan fingerprint density at radius 1 is 1.50 bits per heavy atom. The first-order valence-corrected chi connectivity index (χ1v) is 8.06. The Balaban J connectivity index is 1.88. The first-order valence-electron chi connectivity index (χ1n) is 8.06. The zero-order chi connectivity index (χ0) is 17.1. The molecule has 1 aromatic carbocycles. The highest BCUT2D eigenvalue weighted by Crippen LogP contribution is 2.14. The van der Waals surface area contributed by atoms with Crippen LogP contribution in [0, 0.1) is 0 Å². The normalized spacial score (nSPS) is 18.7. The maximum atomic E-state index is 12.3. The van der Waals surface area contributed by atoms with Crippen LogP contribution in [0.15, 0.2) is 23.0 Å². The molecule has 1 fully saturated rings. The van der Waals surface area contributed by atoms with Crippen molar-refractivity contribution in [2.45, 2.75) is 26.0 Å². The van der Waals surface area contributed by atoms with Gasteiger partial charge in [-0.05, 0) is 24.6 Å². The van der Waals surface area contributed by atoms with Crippen LogP contribution >= 0.6 is 0 Å². The van der Waals surface area contributed by atoms with Crippen LogP contribution in [0.3, 0.4) is 0 Å². The van der Waals surface area contributed by atoms with Crippen molar-refractivity contribution >= 4 is 16.9 Å². The van der Waals surface area contributed by atoms with E-state index in [0.717, 1.165) is 19.5 Å². The number of aromatic amines is 1. The summed E-state index contributed by atoms with van der Waals surface area (Å²) in [4.78, 5) is 33.5. The van der Waals surface area contributed by atoms with Crippen LogP contribution in [0.1, 0.15) is 29.5 Å². The fourth-order valence-corrected chi connectivity index (χ4v) is 2.89. The van der Waals surface area contributed by atoms with E-state index in [9.17, 15) is 9.59 Å². The first kappa shape index (κ1) is 16.6. The quantitative estimate of drug-likeness (QED) is 0.851. The Bertz CT molecular complexity index is 802. The van der Waals surface area contributed by atoms with E-state index >= 15 is 0 Å². The van der Waals surface area contributed by atoms with E-state index < -0.39 is 5.97 Å². The van der Waals surface area contributed by atoms with Crippen molar-refractivity contribution in [1.82, 2.24) is 14.9 Å². The van der Waals surface area contributed by atoms with E-state index in [2.05, 4.69) is 21.8 Å². The molecule has 0 aliphatic carbocycles. The minimum Gasteiger partial charge on any atom is -0.465 e. The molecule has 2 aromatic rings. The fraction of sp³-hybridized carbons (Fsp3) is 0.471. The number of nitrogens with one attached hydrogen (secondary N) is 1. The van der Waals surface area contributed by atoms with Crippen LogP contribution in [0.4, 0.5) is 0 Å². The molecule has 0 unspecified atom stereocenters. The second-order valence-corrected chi connectivity index (χ2v) is 5.87. The maximum Gasteiger partial charge on any atom is 0.337 e. The molecule has 1 saturated heterocycles. The highest BCUT2D eigenvalue weighted by molar-refractivity contribution is 5.93. The summed E-state index contributed by atoms with van der Waals surface area (Å²) in [6, 6.07) is 4.76. The van der Waals surface area contributed by atoms with Gasteiger partial charge >= 0.3 is 5.97 Å². The van der Waals surface area contributed by atoms with Crippen LogP contribution in [-0.4, -0.2) is 53.7 Å². The molecule has 0 amide bonds. The van der Waals surface area contributed by atoms with Crippen LogP contribution < -0.4 is 5.56 Å². The zero-order valence-electron chi connectivity index (χ0n) is 13.9. The number of benzene rings is 1. The summed E-state index contributed by atoms with van der Waals surface area (Å²) in [6.45, 7) is 4.95. The molecule has 3 rings (SSSR count). The summed E-state index contributed by atoms with van der Waals surface area (Å²) < 4.78 is 10.4. The number of esters is 1. The summed E-state index contributed by atoms with van der Waals surface area (Å²) in [5, 5.41) is 0.458. The maximum absolute atomic E-state index is 12.3. The number of ether oxygens (including phenoxy) is 2. The molecule has 0 spiro atoms. The minimum absolute atomic E-state index is 0.202.